The summed E-state index contributed by atoms with van der Waals surface area (Å²) >= 11 is 0. The summed E-state index contributed by atoms with van der Waals surface area (Å²) in [5.41, 5.74) is 0. The van der Waals surface area contributed by atoms with Gasteiger partial charge in [0.2, 0.25) is 12.4 Å². The zero-order chi connectivity index (χ0) is 46.9. The summed E-state index contributed by atoms with van der Waals surface area (Å²) in [5.74, 6) is -1.90. The molecule has 0 bridgehead atoms. The van der Waals surface area contributed by atoms with Crippen molar-refractivity contribution in [2.75, 3.05) is 47.9 Å². The van der Waals surface area contributed by atoms with E-state index in [1.54, 1.807) is 0 Å². The van der Waals surface area contributed by atoms with Crippen molar-refractivity contribution in [3.8, 4) is 0 Å². The number of hydrogen-bond donors (Lipinski definition) is 0. The molecule has 1 aliphatic heterocycles. The maximum atomic E-state index is 13.3. The Bertz CT molecular complexity index is 1400. The molecule has 4 atom stereocenters. The monoisotopic (exact) mass is 897 g/mol. The Balaban J connectivity index is 2.81. The molecule has 1 fully saturated rings. The van der Waals surface area contributed by atoms with Gasteiger partial charge in [0.25, 0.3) is 0 Å². The molecule has 0 saturated carbocycles. The summed E-state index contributed by atoms with van der Waals surface area (Å²) in [4.78, 5) is 56.3. The van der Waals surface area contributed by atoms with E-state index in [2.05, 4.69) is 86.8 Å². The molecule has 11 heteroatoms. The minimum atomic E-state index is -1.32. The Kier molecular flexibility index (Phi) is 37.0. The smallest absolute Gasteiger partial charge is 0.308 e. The van der Waals surface area contributed by atoms with Crippen molar-refractivity contribution in [1.29, 1.82) is 0 Å². The molecule has 364 valence electrons. The molecule has 0 aromatic rings. The normalized spacial score (nSPS) is 18.1. The van der Waals surface area contributed by atoms with Crippen LogP contribution in [0.2, 0.25) is 0 Å². The maximum absolute atomic E-state index is 13.3. The summed E-state index contributed by atoms with van der Waals surface area (Å²) in [7, 11) is 7.71. The van der Waals surface area contributed by atoms with Crippen LogP contribution in [-0.4, -0.2) is 106 Å². The minimum absolute atomic E-state index is 0.128. The second kappa shape index (κ2) is 40.7. The molecule has 64 heavy (non-hydrogen) atoms. The van der Waals surface area contributed by atoms with Gasteiger partial charge in [0.15, 0.2) is 6.10 Å². The first-order chi connectivity index (χ1) is 31.1. The van der Waals surface area contributed by atoms with Crippen molar-refractivity contribution >= 4 is 23.9 Å². The predicted molar refractivity (Wildman–Crippen MR) is 260 cm³/mol. The van der Waals surface area contributed by atoms with Crippen LogP contribution in [0, 0.1) is 0 Å². The van der Waals surface area contributed by atoms with E-state index < -0.39 is 48.5 Å². The Hall–Kier alpha value is -3.80. The van der Waals surface area contributed by atoms with Gasteiger partial charge >= 0.3 is 23.9 Å². The molecular formula is C53H88N2O9. The van der Waals surface area contributed by atoms with E-state index in [4.69, 9.17) is 23.7 Å². The summed E-state index contributed by atoms with van der Waals surface area (Å²) in [6.07, 6.45) is 41.0. The van der Waals surface area contributed by atoms with Gasteiger partial charge in [-0.15, -0.1) is 0 Å². The summed E-state index contributed by atoms with van der Waals surface area (Å²) in [6, 6.07) is 0. The zero-order valence-corrected chi connectivity index (χ0v) is 40.9. The van der Waals surface area contributed by atoms with Crippen molar-refractivity contribution in [2.45, 2.75) is 193 Å². The Morgan fingerprint density at radius 2 is 0.812 bits per heavy atom. The van der Waals surface area contributed by atoms with Crippen LogP contribution in [0.25, 0.3) is 0 Å². The number of rotatable bonds is 39. The Morgan fingerprint density at radius 1 is 0.438 bits per heavy atom. The molecule has 0 N–H and O–H groups in total. The van der Waals surface area contributed by atoms with Crippen molar-refractivity contribution in [1.82, 2.24) is 9.80 Å². The number of hydrogen-bond acceptors (Lipinski definition) is 11. The maximum Gasteiger partial charge on any atom is 0.308 e. The number of carbonyl (C=O) groups excluding carboxylic acids is 4. The van der Waals surface area contributed by atoms with Gasteiger partial charge in [0.05, 0.1) is 0 Å². The van der Waals surface area contributed by atoms with Gasteiger partial charge in [0, 0.05) is 25.7 Å². The van der Waals surface area contributed by atoms with Crippen LogP contribution in [0.1, 0.15) is 168 Å². The SMILES string of the molecule is CC/C=C\C/C=C\C/C=C\CCCCCCCC(=O)OC1[C@H](OC(=O)CCCN(C)C)O[C@H](COC(=O)CCCN(C)C)[C@@H]1OC(=O)CCCCCCC/C=C\C/C=C\C/C=C\CC. The third-order valence-corrected chi connectivity index (χ3v) is 10.5. The molecule has 0 aromatic heterocycles. The largest absolute Gasteiger partial charge is 0.463 e. The molecule has 0 spiro atoms. The quantitative estimate of drug-likeness (QED) is 0.0254. The fourth-order valence-electron chi connectivity index (χ4n) is 6.90. The van der Waals surface area contributed by atoms with E-state index in [0.29, 0.717) is 32.2 Å². The number of allylic oxidation sites excluding steroid dienone is 12. The molecule has 0 aliphatic carbocycles. The third-order valence-electron chi connectivity index (χ3n) is 10.5. The highest BCUT2D eigenvalue weighted by Gasteiger charge is 2.52. The van der Waals surface area contributed by atoms with Crippen LogP contribution >= 0.6 is 0 Å². The average molecular weight is 897 g/mol. The highest BCUT2D eigenvalue weighted by atomic mass is 16.8. The van der Waals surface area contributed by atoms with Crippen LogP contribution in [0.3, 0.4) is 0 Å². The van der Waals surface area contributed by atoms with Crippen molar-refractivity contribution < 1.29 is 42.9 Å². The highest BCUT2D eigenvalue weighted by molar-refractivity contribution is 5.72. The summed E-state index contributed by atoms with van der Waals surface area (Å²) in [6.45, 7) is 5.44. The van der Waals surface area contributed by atoms with E-state index in [0.717, 1.165) is 109 Å². The van der Waals surface area contributed by atoms with E-state index in [-0.39, 0.29) is 32.3 Å². The van der Waals surface area contributed by atoms with Gasteiger partial charge in [-0.05, 0) is 131 Å². The summed E-state index contributed by atoms with van der Waals surface area (Å²) in [5, 5.41) is 0. The lowest BCUT2D eigenvalue weighted by Crippen LogP contribution is -2.42. The van der Waals surface area contributed by atoms with Gasteiger partial charge in [-0.2, -0.15) is 0 Å². The van der Waals surface area contributed by atoms with Crippen LogP contribution in [-0.2, 0) is 42.9 Å². The molecule has 1 rings (SSSR count). The first-order valence-corrected chi connectivity index (χ1v) is 24.7. The fourth-order valence-corrected chi connectivity index (χ4v) is 6.90. The van der Waals surface area contributed by atoms with E-state index >= 15 is 0 Å². The van der Waals surface area contributed by atoms with Gasteiger partial charge in [-0.3, -0.25) is 19.2 Å². The lowest BCUT2D eigenvalue weighted by atomic mass is 10.1. The molecular weight excluding hydrogens is 809 g/mol. The predicted octanol–water partition coefficient (Wildman–Crippen LogP) is 11.5. The molecule has 1 unspecified atom stereocenters. The second-order valence-electron chi connectivity index (χ2n) is 17.1. The number of esters is 4. The molecule has 0 amide bonds. The molecule has 1 saturated heterocycles. The number of unbranched alkanes of at least 4 members (excludes halogenated alkanes) is 10. The van der Waals surface area contributed by atoms with Crippen molar-refractivity contribution in [2.24, 2.45) is 0 Å². The van der Waals surface area contributed by atoms with Crippen LogP contribution in [0.15, 0.2) is 72.9 Å². The Labute approximate surface area is 388 Å². The van der Waals surface area contributed by atoms with Gasteiger partial charge < -0.3 is 33.5 Å². The first kappa shape index (κ1) is 58.2. The Morgan fingerprint density at radius 3 is 1.28 bits per heavy atom. The lowest BCUT2D eigenvalue weighted by Gasteiger charge is -2.24. The van der Waals surface area contributed by atoms with E-state index in [1.807, 2.05) is 38.0 Å². The lowest BCUT2D eigenvalue weighted by molar-refractivity contribution is -0.200. The average Bonchev–Trinajstić information content (AvgIpc) is 3.55. The van der Waals surface area contributed by atoms with E-state index in [1.165, 1.54) is 0 Å². The molecule has 1 heterocycles. The van der Waals surface area contributed by atoms with Gasteiger partial charge in [-0.25, -0.2) is 0 Å². The second-order valence-corrected chi connectivity index (χ2v) is 17.1. The van der Waals surface area contributed by atoms with Crippen molar-refractivity contribution in [3.05, 3.63) is 72.9 Å². The van der Waals surface area contributed by atoms with E-state index in [9.17, 15) is 19.2 Å². The first-order valence-electron chi connectivity index (χ1n) is 24.7. The van der Waals surface area contributed by atoms with Crippen LogP contribution < -0.4 is 0 Å². The standard InChI is InChI=1S/C53H88N2O9/c1-7-9-11-13-15-17-19-21-23-25-27-29-31-33-35-39-48(57)62-51-46(45-60-47(56)41-37-43-54(3)4)61-53(64-50(59)42-38-44-55(5)6)52(51)63-49(58)40-36-34-32-30-28-26-24-22-20-18-16-14-12-10-8-2/h9-12,15-18,21-24,46,51-53H,7-8,13-14,19-20,25-45H2,1-6H3/b11-9-,12-10-,17-15-,18-16-,23-21-,24-22-/t46-,51+,52?,53+/m1/s1. The number of nitrogens with zero attached hydrogens (tertiary/aromatic N) is 2. The van der Waals surface area contributed by atoms with Gasteiger partial charge in [-0.1, -0.05) is 125 Å². The van der Waals surface area contributed by atoms with Crippen LogP contribution in [0.5, 0.6) is 0 Å². The van der Waals surface area contributed by atoms with Crippen LogP contribution in [0.4, 0.5) is 0 Å². The third kappa shape index (κ3) is 33.7. The topological polar surface area (TPSA) is 121 Å². The van der Waals surface area contributed by atoms with Crippen molar-refractivity contribution in [3.63, 3.8) is 0 Å². The fraction of sp³-hybridized carbons (Fsp3) is 0.698. The molecule has 0 radical (unpaired) electrons. The van der Waals surface area contributed by atoms with Gasteiger partial charge in [0.1, 0.15) is 12.7 Å². The number of ether oxygens (including phenoxy) is 5. The highest BCUT2D eigenvalue weighted by Crippen LogP contribution is 2.30. The number of carbonyl (C=O) groups is 4. The zero-order valence-electron chi connectivity index (χ0n) is 40.9. The summed E-state index contributed by atoms with van der Waals surface area (Å²) < 4.78 is 29.4. The molecule has 11 nitrogen and oxygen atoms in total. The molecule has 0 aromatic carbocycles. The molecule has 1 aliphatic rings. The minimum Gasteiger partial charge on any atom is -0.463 e.